The molecule has 7 heteroatoms. The first-order chi connectivity index (χ1) is 9.19. The highest BCUT2D eigenvalue weighted by atomic mass is 16.4. The minimum absolute atomic E-state index is 0.0832. The summed E-state index contributed by atoms with van der Waals surface area (Å²) in [5, 5.41) is 11.5. The molecule has 0 bridgehead atoms. The number of amides is 3. The SMILES string of the molecule is CC[C@H](C)N(CCN1C(=O)NC(C)(C)C1=O)CC(=O)O. The second kappa shape index (κ2) is 6.21. The van der Waals surface area contributed by atoms with Crippen LogP contribution in [0.4, 0.5) is 4.79 Å². The minimum Gasteiger partial charge on any atom is -0.480 e. The van der Waals surface area contributed by atoms with E-state index in [1.807, 2.05) is 13.8 Å². The van der Waals surface area contributed by atoms with Crippen molar-refractivity contribution >= 4 is 17.9 Å². The van der Waals surface area contributed by atoms with Crippen molar-refractivity contribution in [3.05, 3.63) is 0 Å². The van der Waals surface area contributed by atoms with Gasteiger partial charge in [-0.15, -0.1) is 0 Å². The molecule has 1 heterocycles. The maximum Gasteiger partial charge on any atom is 0.325 e. The third-order valence-corrected chi connectivity index (χ3v) is 3.61. The van der Waals surface area contributed by atoms with Crippen LogP contribution in [0.5, 0.6) is 0 Å². The van der Waals surface area contributed by atoms with Gasteiger partial charge in [0.1, 0.15) is 5.54 Å². The molecule has 2 N–H and O–H groups in total. The highest BCUT2D eigenvalue weighted by molar-refractivity contribution is 6.06. The zero-order valence-corrected chi connectivity index (χ0v) is 12.5. The van der Waals surface area contributed by atoms with Crippen molar-refractivity contribution in [1.29, 1.82) is 0 Å². The van der Waals surface area contributed by atoms with E-state index in [4.69, 9.17) is 5.11 Å². The van der Waals surface area contributed by atoms with Gasteiger partial charge in [0.15, 0.2) is 0 Å². The van der Waals surface area contributed by atoms with Crippen molar-refractivity contribution in [2.24, 2.45) is 0 Å². The molecule has 7 nitrogen and oxygen atoms in total. The van der Waals surface area contributed by atoms with Crippen LogP contribution in [0.3, 0.4) is 0 Å². The summed E-state index contributed by atoms with van der Waals surface area (Å²) in [5.74, 6) is -1.19. The van der Waals surface area contributed by atoms with Crippen LogP contribution in [-0.2, 0) is 9.59 Å². The van der Waals surface area contributed by atoms with Crippen LogP contribution in [0.15, 0.2) is 0 Å². The highest BCUT2D eigenvalue weighted by Gasteiger charge is 2.44. The lowest BCUT2D eigenvalue weighted by molar-refractivity contribution is -0.138. The lowest BCUT2D eigenvalue weighted by atomic mass is 10.1. The van der Waals surface area contributed by atoms with Crippen molar-refractivity contribution in [3.63, 3.8) is 0 Å². The number of carbonyl (C=O) groups is 3. The van der Waals surface area contributed by atoms with Crippen LogP contribution in [0.1, 0.15) is 34.1 Å². The standard InChI is InChI=1S/C13H23N3O4/c1-5-9(2)15(8-10(17)18)6-7-16-11(19)13(3,4)14-12(16)20/h9H,5-8H2,1-4H3,(H,14,20)(H,17,18)/t9-/m0/s1. The van der Waals surface area contributed by atoms with Gasteiger partial charge in [0.2, 0.25) is 0 Å². The molecule has 0 spiro atoms. The number of urea groups is 1. The smallest absolute Gasteiger partial charge is 0.325 e. The van der Waals surface area contributed by atoms with Crippen LogP contribution in [-0.4, -0.2) is 64.0 Å². The molecule has 3 amide bonds. The molecule has 1 atom stereocenters. The van der Waals surface area contributed by atoms with Crippen LogP contribution in [0.25, 0.3) is 0 Å². The number of hydrogen-bond donors (Lipinski definition) is 2. The Bertz CT molecular complexity index is 408. The van der Waals surface area contributed by atoms with Crippen LogP contribution in [0, 0.1) is 0 Å². The van der Waals surface area contributed by atoms with E-state index < -0.39 is 17.5 Å². The third-order valence-electron chi connectivity index (χ3n) is 3.61. The summed E-state index contributed by atoms with van der Waals surface area (Å²) in [5.41, 5.74) is -0.884. The van der Waals surface area contributed by atoms with E-state index in [0.29, 0.717) is 6.54 Å². The van der Waals surface area contributed by atoms with Crippen molar-refractivity contribution in [3.8, 4) is 0 Å². The molecule has 0 aromatic rings. The number of aliphatic carboxylic acids is 1. The quantitative estimate of drug-likeness (QED) is 0.665. The van der Waals surface area contributed by atoms with Crippen LogP contribution in [0.2, 0.25) is 0 Å². The zero-order valence-electron chi connectivity index (χ0n) is 12.5. The van der Waals surface area contributed by atoms with Gasteiger partial charge in [-0.1, -0.05) is 6.92 Å². The molecule has 1 aliphatic heterocycles. The summed E-state index contributed by atoms with van der Waals surface area (Å²) >= 11 is 0. The van der Waals surface area contributed by atoms with E-state index in [1.165, 1.54) is 0 Å². The number of rotatable bonds is 7. The average molecular weight is 285 g/mol. The van der Waals surface area contributed by atoms with Gasteiger partial charge in [0.25, 0.3) is 5.91 Å². The first-order valence-corrected chi connectivity index (χ1v) is 6.79. The summed E-state index contributed by atoms with van der Waals surface area (Å²) < 4.78 is 0. The number of carboxylic acid groups (broad SMARTS) is 1. The topological polar surface area (TPSA) is 90.0 Å². The summed E-state index contributed by atoms with van der Waals surface area (Å²) in [6, 6.07) is -0.334. The van der Waals surface area contributed by atoms with Gasteiger partial charge in [0, 0.05) is 19.1 Å². The maximum absolute atomic E-state index is 12.0. The Morgan fingerprint density at radius 2 is 2.05 bits per heavy atom. The van der Waals surface area contributed by atoms with Gasteiger partial charge in [0.05, 0.1) is 6.54 Å². The van der Waals surface area contributed by atoms with Gasteiger partial charge in [-0.05, 0) is 27.2 Å². The molecule has 1 fully saturated rings. The second-order valence-corrected chi connectivity index (χ2v) is 5.63. The summed E-state index contributed by atoms with van der Waals surface area (Å²) in [4.78, 5) is 37.5. The number of carboxylic acids is 1. The second-order valence-electron chi connectivity index (χ2n) is 5.63. The van der Waals surface area contributed by atoms with Gasteiger partial charge >= 0.3 is 12.0 Å². The molecule has 1 rings (SSSR count). The van der Waals surface area contributed by atoms with E-state index in [1.54, 1.807) is 18.7 Å². The van der Waals surface area contributed by atoms with E-state index in [0.717, 1.165) is 11.3 Å². The van der Waals surface area contributed by atoms with Crippen molar-refractivity contribution in [1.82, 2.24) is 15.1 Å². The Labute approximate surface area is 118 Å². The molecule has 1 aliphatic rings. The molecule has 0 saturated carbocycles. The zero-order chi connectivity index (χ0) is 15.5. The largest absolute Gasteiger partial charge is 0.480 e. The van der Waals surface area contributed by atoms with Gasteiger partial charge in [-0.3, -0.25) is 19.4 Å². The molecule has 20 heavy (non-hydrogen) atoms. The van der Waals surface area contributed by atoms with Crippen molar-refractivity contribution < 1.29 is 19.5 Å². The van der Waals surface area contributed by atoms with Crippen molar-refractivity contribution in [2.45, 2.75) is 45.7 Å². The fourth-order valence-electron chi connectivity index (χ4n) is 2.14. The molecular formula is C13H23N3O4. The number of imide groups is 1. The lowest BCUT2D eigenvalue weighted by Gasteiger charge is -2.28. The van der Waals surface area contributed by atoms with Gasteiger partial charge in [-0.2, -0.15) is 0 Å². The Morgan fingerprint density at radius 1 is 1.45 bits per heavy atom. The van der Waals surface area contributed by atoms with Crippen LogP contribution < -0.4 is 5.32 Å². The summed E-state index contributed by atoms with van der Waals surface area (Å²) in [6.07, 6.45) is 0.804. The molecule has 114 valence electrons. The molecule has 0 unspecified atom stereocenters. The molecule has 0 radical (unpaired) electrons. The monoisotopic (exact) mass is 285 g/mol. The van der Waals surface area contributed by atoms with E-state index in [2.05, 4.69) is 5.32 Å². The Hall–Kier alpha value is -1.63. The average Bonchev–Trinajstić information content (AvgIpc) is 2.53. The van der Waals surface area contributed by atoms with Crippen molar-refractivity contribution in [2.75, 3.05) is 19.6 Å². The van der Waals surface area contributed by atoms with Crippen LogP contribution >= 0.6 is 0 Å². The van der Waals surface area contributed by atoms with Gasteiger partial charge < -0.3 is 10.4 Å². The fraction of sp³-hybridized carbons (Fsp3) is 0.769. The Balaban J connectivity index is 2.66. The highest BCUT2D eigenvalue weighted by Crippen LogP contribution is 2.16. The van der Waals surface area contributed by atoms with E-state index >= 15 is 0 Å². The summed E-state index contributed by atoms with van der Waals surface area (Å²) in [6.45, 7) is 7.66. The molecular weight excluding hydrogens is 262 g/mol. The normalized spacial score (nSPS) is 19.4. The fourth-order valence-corrected chi connectivity index (χ4v) is 2.14. The molecule has 1 saturated heterocycles. The first-order valence-electron chi connectivity index (χ1n) is 6.79. The molecule has 0 aromatic carbocycles. The predicted molar refractivity (Wildman–Crippen MR) is 73.3 cm³/mol. The predicted octanol–water partition coefficient (Wildman–Crippen LogP) is 0.502. The molecule has 0 aliphatic carbocycles. The third kappa shape index (κ3) is 3.69. The number of hydrogen-bond acceptors (Lipinski definition) is 4. The number of nitrogens with one attached hydrogen (secondary N) is 1. The lowest BCUT2D eigenvalue weighted by Crippen LogP contribution is -2.45. The van der Waals surface area contributed by atoms with E-state index in [-0.39, 0.29) is 25.0 Å². The molecule has 0 aromatic heterocycles. The number of carbonyl (C=O) groups excluding carboxylic acids is 2. The minimum atomic E-state index is -0.914. The Morgan fingerprint density at radius 3 is 2.45 bits per heavy atom. The maximum atomic E-state index is 12.0. The number of nitrogens with zero attached hydrogens (tertiary/aromatic N) is 2. The van der Waals surface area contributed by atoms with Gasteiger partial charge in [-0.25, -0.2) is 4.79 Å². The van der Waals surface area contributed by atoms with E-state index in [9.17, 15) is 14.4 Å². The first kappa shape index (κ1) is 16.4. The summed E-state index contributed by atoms with van der Waals surface area (Å²) in [7, 11) is 0. The Kier molecular flexibility index (Phi) is 5.10.